The Labute approximate surface area is 142 Å². The lowest BCUT2D eigenvalue weighted by atomic mass is 10.2. The minimum absolute atomic E-state index is 0.0600. The Morgan fingerprint density at radius 1 is 0.826 bits per heavy atom. The van der Waals surface area contributed by atoms with E-state index in [1.165, 1.54) is 48.9 Å². The summed E-state index contributed by atoms with van der Waals surface area (Å²) in [7, 11) is -0.0600. The van der Waals surface area contributed by atoms with Crippen molar-refractivity contribution >= 4 is 25.1 Å². The lowest BCUT2D eigenvalue weighted by molar-refractivity contribution is 0.870. The van der Waals surface area contributed by atoms with E-state index in [2.05, 4.69) is 61.5 Å². The van der Waals surface area contributed by atoms with Gasteiger partial charge in [-0.2, -0.15) is 0 Å². The number of para-hydroxylation sites is 1. The molecule has 122 valence electrons. The molecule has 2 rings (SSSR count). The minimum atomic E-state index is -0.0600. The number of unbranched alkanes of at least 4 members (excludes halogenated alkanes) is 2. The van der Waals surface area contributed by atoms with Gasteiger partial charge in [-0.25, -0.2) is 0 Å². The fourth-order valence-corrected chi connectivity index (χ4v) is 5.49. The molecule has 0 spiro atoms. The maximum absolute atomic E-state index is 4.67. The molecule has 0 heterocycles. The lowest BCUT2D eigenvalue weighted by Crippen LogP contribution is -2.12. The molecule has 2 heteroatoms. The molecule has 0 saturated carbocycles. The Bertz CT molecular complexity index is 584. The van der Waals surface area contributed by atoms with E-state index in [9.17, 15) is 0 Å². The average Bonchev–Trinajstić information content (AvgIpc) is 2.61. The molecule has 2 aromatic carbocycles. The van der Waals surface area contributed by atoms with Crippen LogP contribution in [0.5, 0.6) is 0 Å². The molecule has 0 amide bonds. The van der Waals surface area contributed by atoms with Crippen molar-refractivity contribution in [2.24, 2.45) is 4.99 Å². The van der Waals surface area contributed by atoms with Crippen molar-refractivity contribution in [2.45, 2.75) is 39.5 Å². The zero-order chi connectivity index (χ0) is 16.3. The number of rotatable bonds is 9. The summed E-state index contributed by atoms with van der Waals surface area (Å²) in [6.45, 7) is 4.58. The molecule has 0 aromatic heterocycles. The molecule has 23 heavy (non-hydrogen) atoms. The quantitative estimate of drug-likeness (QED) is 0.387. The molecule has 1 nitrogen and oxygen atoms in total. The van der Waals surface area contributed by atoms with Crippen LogP contribution in [0.1, 0.15) is 45.1 Å². The van der Waals surface area contributed by atoms with Crippen molar-refractivity contribution < 1.29 is 0 Å². The topological polar surface area (TPSA) is 12.4 Å². The van der Waals surface area contributed by atoms with Crippen LogP contribution in [0, 0.1) is 0 Å². The molecular formula is C21H28NP. The van der Waals surface area contributed by atoms with Gasteiger partial charge < -0.3 is 0 Å². The number of hydrogen-bond donors (Lipinski definition) is 0. The summed E-state index contributed by atoms with van der Waals surface area (Å²) < 4.78 is 0. The Morgan fingerprint density at radius 3 is 2.09 bits per heavy atom. The molecule has 0 aliphatic carbocycles. The van der Waals surface area contributed by atoms with Crippen LogP contribution >= 0.6 is 7.92 Å². The molecule has 0 radical (unpaired) electrons. The lowest BCUT2D eigenvalue weighted by Gasteiger charge is -2.19. The van der Waals surface area contributed by atoms with Gasteiger partial charge in [0.15, 0.2) is 0 Å². The van der Waals surface area contributed by atoms with Crippen molar-refractivity contribution in [3.05, 3.63) is 60.2 Å². The summed E-state index contributed by atoms with van der Waals surface area (Å²) in [4.78, 5) is 4.67. The second-order valence-corrected chi connectivity index (χ2v) is 8.30. The van der Waals surface area contributed by atoms with E-state index in [-0.39, 0.29) is 7.92 Å². The van der Waals surface area contributed by atoms with E-state index in [1.807, 2.05) is 18.2 Å². The SMILES string of the molecule is CCCCP(CCCC)c1ccccc1C=Nc1ccccc1. The van der Waals surface area contributed by atoms with Crippen molar-refractivity contribution in [3.63, 3.8) is 0 Å². The first-order chi connectivity index (χ1) is 11.3. The van der Waals surface area contributed by atoms with Gasteiger partial charge in [0, 0.05) is 11.8 Å². The van der Waals surface area contributed by atoms with Gasteiger partial charge in [0.2, 0.25) is 0 Å². The van der Waals surface area contributed by atoms with Gasteiger partial charge in [0.25, 0.3) is 0 Å². The van der Waals surface area contributed by atoms with Gasteiger partial charge in [0.05, 0.1) is 5.69 Å². The fraction of sp³-hybridized carbons (Fsp3) is 0.381. The van der Waals surface area contributed by atoms with Crippen LogP contribution < -0.4 is 5.30 Å². The maximum Gasteiger partial charge on any atom is 0.0629 e. The monoisotopic (exact) mass is 325 g/mol. The first kappa shape index (κ1) is 17.9. The van der Waals surface area contributed by atoms with Crippen LogP contribution in [0.3, 0.4) is 0 Å². The molecule has 0 aliphatic rings. The molecule has 0 saturated heterocycles. The highest BCUT2D eigenvalue weighted by molar-refractivity contribution is 7.65. The third kappa shape index (κ3) is 5.92. The van der Waals surface area contributed by atoms with Crippen molar-refractivity contribution in [1.82, 2.24) is 0 Å². The zero-order valence-corrected chi connectivity index (χ0v) is 15.3. The van der Waals surface area contributed by atoms with Crippen molar-refractivity contribution in [1.29, 1.82) is 0 Å². The van der Waals surface area contributed by atoms with Gasteiger partial charge in [-0.1, -0.05) is 77.1 Å². The molecule has 0 bridgehead atoms. The number of nitrogens with zero attached hydrogens (tertiary/aromatic N) is 1. The van der Waals surface area contributed by atoms with Crippen LogP contribution in [-0.2, 0) is 0 Å². The average molecular weight is 325 g/mol. The summed E-state index contributed by atoms with van der Waals surface area (Å²) in [6.07, 6.45) is 9.98. The Balaban J connectivity index is 2.21. The van der Waals surface area contributed by atoms with Crippen molar-refractivity contribution in [2.75, 3.05) is 12.3 Å². The first-order valence-electron chi connectivity index (χ1n) is 8.78. The minimum Gasteiger partial charge on any atom is -0.256 e. The molecule has 0 atom stereocenters. The van der Waals surface area contributed by atoms with Gasteiger partial charge >= 0.3 is 0 Å². The molecule has 0 fully saturated rings. The summed E-state index contributed by atoms with van der Waals surface area (Å²) in [5.41, 5.74) is 2.32. The summed E-state index contributed by atoms with van der Waals surface area (Å²) in [5.74, 6) is 0. The predicted molar refractivity (Wildman–Crippen MR) is 106 cm³/mol. The summed E-state index contributed by atoms with van der Waals surface area (Å²) >= 11 is 0. The summed E-state index contributed by atoms with van der Waals surface area (Å²) in [5, 5.41) is 1.53. The van der Waals surface area contributed by atoms with Crippen molar-refractivity contribution in [3.8, 4) is 0 Å². The molecular weight excluding hydrogens is 297 g/mol. The van der Waals surface area contributed by atoms with Crippen LogP contribution in [0.25, 0.3) is 0 Å². The standard InChI is InChI=1S/C21H28NP/c1-3-5-16-23(17-6-4-2)21-15-11-10-12-19(21)18-22-20-13-8-7-9-14-20/h7-15,18H,3-6,16-17H2,1-2H3. The highest BCUT2D eigenvalue weighted by atomic mass is 31.1. The Kier molecular flexibility index (Phi) is 8.04. The van der Waals surface area contributed by atoms with E-state index in [0.717, 1.165) is 5.69 Å². The second kappa shape index (κ2) is 10.3. The van der Waals surface area contributed by atoms with E-state index >= 15 is 0 Å². The molecule has 0 unspecified atom stereocenters. The molecule has 0 aliphatic heterocycles. The van der Waals surface area contributed by atoms with E-state index in [0.29, 0.717) is 0 Å². The van der Waals surface area contributed by atoms with Crippen LogP contribution in [0.2, 0.25) is 0 Å². The maximum atomic E-state index is 4.67. The fourth-order valence-electron chi connectivity index (χ4n) is 2.59. The highest BCUT2D eigenvalue weighted by Crippen LogP contribution is 2.37. The van der Waals surface area contributed by atoms with Gasteiger partial charge in [-0.3, -0.25) is 4.99 Å². The third-order valence-electron chi connectivity index (χ3n) is 3.95. The number of aliphatic imine (C=N–C) groups is 1. The molecule has 0 N–H and O–H groups in total. The number of benzene rings is 2. The zero-order valence-electron chi connectivity index (χ0n) is 14.4. The van der Waals surface area contributed by atoms with E-state index in [4.69, 9.17) is 0 Å². The van der Waals surface area contributed by atoms with E-state index < -0.39 is 0 Å². The molecule has 2 aromatic rings. The van der Waals surface area contributed by atoms with Gasteiger partial charge in [-0.05, 0) is 42.6 Å². The highest BCUT2D eigenvalue weighted by Gasteiger charge is 2.13. The Hall–Kier alpha value is -1.46. The van der Waals surface area contributed by atoms with Crippen LogP contribution in [0.15, 0.2) is 59.6 Å². The van der Waals surface area contributed by atoms with Gasteiger partial charge in [-0.15, -0.1) is 0 Å². The normalized spacial score (nSPS) is 11.4. The second-order valence-electron chi connectivity index (χ2n) is 5.85. The number of hydrogen-bond acceptors (Lipinski definition) is 1. The predicted octanol–water partition coefficient (Wildman–Crippen LogP) is 6.14. The Morgan fingerprint density at radius 2 is 1.43 bits per heavy atom. The largest absolute Gasteiger partial charge is 0.256 e. The van der Waals surface area contributed by atoms with E-state index in [1.54, 1.807) is 0 Å². The first-order valence-corrected chi connectivity index (χ1v) is 10.5. The van der Waals surface area contributed by atoms with Crippen LogP contribution in [-0.4, -0.2) is 18.5 Å². The summed E-state index contributed by atoms with van der Waals surface area (Å²) in [6, 6.07) is 19.1. The van der Waals surface area contributed by atoms with Gasteiger partial charge in [0.1, 0.15) is 0 Å². The third-order valence-corrected chi connectivity index (χ3v) is 6.75. The smallest absolute Gasteiger partial charge is 0.0629 e. The van der Waals surface area contributed by atoms with Crippen LogP contribution in [0.4, 0.5) is 5.69 Å².